The monoisotopic (exact) mass is 226 g/mol. The van der Waals surface area contributed by atoms with Crippen LogP contribution in [0, 0.1) is 6.92 Å². The van der Waals surface area contributed by atoms with Crippen LogP contribution in [-0.4, -0.2) is 15.0 Å². The molecule has 0 unspecified atom stereocenters. The molecular formula is C13H14N4. The Kier molecular flexibility index (Phi) is 2.48. The lowest BCUT2D eigenvalue weighted by atomic mass is 10.3. The number of aryl methyl sites for hydroxylation is 1. The van der Waals surface area contributed by atoms with Crippen LogP contribution in [0.2, 0.25) is 0 Å². The fraction of sp³-hybridized carbons (Fsp3) is 0.308. The third kappa shape index (κ3) is 2.25. The van der Waals surface area contributed by atoms with Gasteiger partial charge in [-0.25, -0.2) is 15.0 Å². The summed E-state index contributed by atoms with van der Waals surface area (Å²) in [4.78, 5) is 13.1. The topological polar surface area (TPSA) is 50.7 Å². The van der Waals surface area contributed by atoms with E-state index in [-0.39, 0.29) is 0 Å². The molecule has 2 heterocycles. The Bertz CT molecular complexity index is 534. The smallest absolute Gasteiger partial charge is 0.135 e. The first-order chi connectivity index (χ1) is 8.33. The summed E-state index contributed by atoms with van der Waals surface area (Å²) >= 11 is 0. The highest BCUT2D eigenvalue weighted by atomic mass is 15.1. The second kappa shape index (κ2) is 4.13. The van der Waals surface area contributed by atoms with E-state index in [0.29, 0.717) is 5.92 Å². The average Bonchev–Trinajstić information content (AvgIpc) is 3.17. The molecule has 1 N–H and O–H groups in total. The molecule has 1 aliphatic rings. The maximum absolute atomic E-state index is 4.51. The van der Waals surface area contributed by atoms with Crippen molar-refractivity contribution in [2.45, 2.75) is 25.7 Å². The number of nitrogens with one attached hydrogen (secondary N) is 1. The molecule has 0 spiro atoms. The van der Waals surface area contributed by atoms with Gasteiger partial charge in [0.05, 0.1) is 0 Å². The normalized spacial score (nSPS) is 14.6. The minimum atomic E-state index is 0.571. The van der Waals surface area contributed by atoms with Crippen LogP contribution in [0.1, 0.15) is 30.1 Å². The zero-order valence-electron chi connectivity index (χ0n) is 9.72. The van der Waals surface area contributed by atoms with E-state index in [4.69, 9.17) is 0 Å². The van der Waals surface area contributed by atoms with Gasteiger partial charge in [-0.3, -0.25) is 0 Å². The first kappa shape index (κ1) is 10.2. The van der Waals surface area contributed by atoms with Gasteiger partial charge in [-0.15, -0.1) is 0 Å². The summed E-state index contributed by atoms with van der Waals surface area (Å²) in [6, 6.07) is 5.83. The van der Waals surface area contributed by atoms with E-state index in [0.717, 1.165) is 23.0 Å². The summed E-state index contributed by atoms with van der Waals surface area (Å²) in [6.07, 6.45) is 6.01. The molecule has 86 valence electrons. The van der Waals surface area contributed by atoms with Crippen LogP contribution in [0.5, 0.6) is 0 Å². The molecule has 4 nitrogen and oxygen atoms in total. The van der Waals surface area contributed by atoms with Crippen molar-refractivity contribution in [2.24, 2.45) is 0 Å². The van der Waals surface area contributed by atoms with Gasteiger partial charge in [-0.05, 0) is 37.5 Å². The van der Waals surface area contributed by atoms with Gasteiger partial charge >= 0.3 is 0 Å². The lowest BCUT2D eigenvalue weighted by molar-refractivity contribution is 0.929. The SMILES string of the molecule is Cc1cccnc1Nc1ccnc(C2CC2)n1. The minimum Gasteiger partial charge on any atom is -0.325 e. The van der Waals surface area contributed by atoms with Crippen molar-refractivity contribution in [3.63, 3.8) is 0 Å². The first-order valence-electron chi connectivity index (χ1n) is 5.84. The summed E-state index contributed by atoms with van der Waals surface area (Å²) in [7, 11) is 0. The summed E-state index contributed by atoms with van der Waals surface area (Å²) in [5, 5.41) is 3.23. The molecule has 17 heavy (non-hydrogen) atoms. The molecule has 1 aliphatic carbocycles. The highest BCUT2D eigenvalue weighted by molar-refractivity contribution is 5.54. The average molecular weight is 226 g/mol. The van der Waals surface area contributed by atoms with Gasteiger partial charge in [-0.1, -0.05) is 6.07 Å². The fourth-order valence-corrected chi connectivity index (χ4v) is 1.72. The van der Waals surface area contributed by atoms with Crippen LogP contribution in [0.4, 0.5) is 11.6 Å². The van der Waals surface area contributed by atoms with Crippen molar-refractivity contribution >= 4 is 11.6 Å². The lowest BCUT2D eigenvalue weighted by Gasteiger charge is -2.07. The van der Waals surface area contributed by atoms with Gasteiger partial charge < -0.3 is 5.32 Å². The lowest BCUT2D eigenvalue weighted by Crippen LogP contribution is -2.01. The van der Waals surface area contributed by atoms with Crippen LogP contribution in [-0.2, 0) is 0 Å². The summed E-state index contributed by atoms with van der Waals surface area (Å²) in [6.45, 7) is 2.03. The fourth-order valence-electron chi connectivity index (χ4n) is 1.72. The van der Waals surface area contributed by atoms with E-state index < -0.39 is 0 Å². The van der Waals surface area contributed by atoms with Gasteiger partial charge in [0, 0.05) is 18.3 Å². The predicted octanol–water partition coefficient (Wildman–Crippen LogP) is 2.80. The van der Waals surface area contributed by atoms with E-state index >= 15 is 0 Å². The van der Waals surface area contributed by atoms with Gasteiger partial charge in [-0.2, -0.15) is 0 Å². The third-order valence-electron chi connectivity index (χ3n) is 2.87. The highest BCUT2D eigenvalue weighted by Gasteiger charge is 2.26. The number of anilines is 2. The second-order valence-electron chi connectivity index (χ2n) is 4.37. The second-order valence-corrected chi connectivity index (χ2v) is 4.37. The van der Waals surface area contributed by atoms with Gasteiger partial charge in [0.2, 0.25) is 0 Å². The Morgan fingerprint density at radius 1 is 1.18 bits per heavy atom. The molecule has 1 saturated carbocycles. The molecule has 3 rings (SSSR count). The van der Waals surface area contributed by atoms with Crippen molar-refractivity contribution < 1.29 is 0 Å². The predicted molar refractivity (Wildman–Crippen MR) is 66.3 cm³/mol. The molecule has 1 fully saturated rings. The van der Waals surface area contributed by atoms with Crippen LogP contribution in [0.15, 0.2) is 30.6 Å². The molecule has 0 aliphatic heterocycles. The van der Waals surface area contributed by atoms with Crippen molar-refractivity contribution in [3.05, 3.63) is 42.0 Å². The van der Waals surface area contributed by atoms with E-state index in [9.17, 15) is 0 Å². The molecule has 0 saturated heterocycles. The standard InChI is InChI=1S/C13H14N4/c1-9-3-2-7-14-12(9)16-11-6-8-15-13(17-11)10-4-5-10/h2-3,6-8,10H,4-5H2,1H3,(H,14,15,16,17). The molecule has 0 atom stereocenters. The van der Waals surface area contributed by atoms with E-state index in [1.165, 1.54) is 12.8 Å². The van der Waals surface area contributed by atoms with E-state index in [1.807, 2.05) is 25.1 Å². The molecule has 2 aromatic rings. The number of hydrogen-bond donors (Lipinski definition) is 1. The van der Waals surface area contributed by atoms with Crippen molar-refractivity contribution in [3.8, 4) is 0 Å². The van der Waals surface area contributed by atoms with Crippen molar-refractivity contribution in [1.29, 1.82) is 0 Å². The first-order valence-corrected chi connectivity index (χ1v) is 5.84. The third-order valence-corrected chi connectivity index (χ3v) is 2.87. The summed E-state index contributed by atoms with van der Waals surface area (Å²) < 4.78 is 0. The summed E-state index contributed by atoms with van der Waals surface area (Å²) in [5.74, 6) is 3.20. The summed E-state index contributed by atoms with van der Waals surface area (Å²) in [5.41, 5.74) is 1.11. The zero-order chi connectivity index (χ0) is 11.7. The van der Waals surface area contributed by atoms with Crippen LogP contribution in [0.25, 0.3) is 0 Å². The Balaban J connectivity index is 1.85. The van der Waals surface area contributed by atoms with Gasteiger partial charge in [0.25, 0.3) is 0 Å². The Hall–Kier alpha value is -1.97. The molecule has 4 heteroatoms. The van der Waals surface area contributed by atoms with Gasteiger partial charge in [0.15, 0.2) is 0 Å². The van der Waals surface area contributed by atoms with Crippen LogP contribution < -0.4 is 5.32 Å². The van der Waals surface area contributed by atoms with E-state index in [1.54, 1.807) is 12.4 Å². The number of pyridine rings is 1. The molecular weight excluding hydrogens is 212 g/mol. The minimum absolute atomic E-state index is 0.571. The van der Waals surface area contributed by atoms with Crippen molar-refractivity contribution in [2.75, 3.05) is 5.32 Å². The molecule has 0 radical (unpaired) electrons. The molecule has 2 aromatic heterocycles. The molecule has 0 bridgehead atoms. The number of hydrogen-bond acceptors (Lipinski definition) is 4. The Morgan fingerprint density at radius 2 is 2.06 bits per heavy atom. The van der Waals surface area contributed by atoms with Crippen LogP contribution >= 0.6 is 0 Å². The molecule has 0 amide bonds. The highest BCUT2D eigenvalue weighted by Crippen LogP contribution is 2.38. The molecule has 0 aromatic carbocycles. The van der Waals surface area contributed by atoms with Crippen molar-refractivity contribution in [1.82, 2.24) is 15.0 Å². The number of nitrogens with zero attached hydrogens (tertiary/aromatic N) is 3. The Morgan fingerprint density at radius 3 is 2.82 bits per heavy atom. The van der Waals surface area contributed by atoms with E-state index in [2.05, 4.69) is 20.3 Å². The number of aromatic nitrogens is 3. The quantitative estimate of drug-likeness (QED) is 0.874. The zero-order valence-corrected chi connectivity index (χ0v) is 9.72. The largest absolute Gasteiger partial charge is 0.325 e. The Labute approximate surface area is 100 Å². The maximum Gasteiger partial charge on any atom is 0.135 e. The van der Waals surface area contributed by atoms with Crippen LogP contribution in [0.3, 0.4) is 0 Å². The maximum atomic E-state index is 4.51. The number of rotatable bonds is 3. The van der Waals surface area contributed by atoms with Gasteiger partial charge in [0.1, 0.15) is 17.5 Å².